The van der Waals surface area contributed by atoms with E-state index in [0.29, 0.717) is 16.7 Å². The maximum atomic E-state index is 13.4. The number of carbonyl (C=O) groups is 1. The molecule has 1 amide bonds. The Hall–Kier alpha value is -1.95. The predicted molar refractivity (Wildman–Crippen MR) is 82.3 cm³/mol. The Bertz CT molecular complexity index is 674. The first-order chi connectivity index (χ1) is 9.93. The minimum Gasteiger partial charge on any atom is -0.396 e. The minimum absolute atomic E-state index is 0.100. The van der Waals surface area contributed by atoms with Crippen molar-refractivity contribution in [2.45, 2.75) is 6.92 Å². The third-order valence-corrected chi connectivity index (χ3v) is 3.67. The van der Waals surface area contributed by atoms with Crippen molar-refractivity contribution in [2.24, 2.45) is 0 Å². The van der Waals surface area contributed by atoms with Crippen LogP contribution in [0.2, 0.25) is 0 Å². The summed E-state index contributed by atoms with van der Waals surface area (Å²) in [6.07, 6.45) is 0. The molecule has 0 bridgehead atoms. The summed E-state index contributed by atoms with van der Waals surface area (Å²) in [7, 11) is 0. The summed E-state index contributed by atoms with van der Waals surface area (Å²) in [5.74, 6) is -1.32. The standard InChI is InChI=1S/C15H13BrF2N2O/c1-2-20(10-5-3-9(17)4-6-10)15(21)11-7-14(19)13(18)8-12(11)16/h3-8H,2,19H2,1H3. The second-order valence-electron chi connectivity index (χ2n) is 4.38. The molecule has 0 unspecified atom stereocenters. The van der Waals surface area contributed by atoms with Crippen molar-refractivity contribution in [3.63, 3.8) is 0 Å². The summed E-state index contributed by atoms with van der Waals surface area (Å²) in [5, 5.41) is 0. The van der Waals surface area contributed by atoms with E-state index in [1.54, 1.807) is 6.92 Å². The van der Waals surface area contributed by atoms with Crippen LogP contribution in [0.4, 0.5) is 20.2 Å². The topological polar surface area (TPSA) is 46.3 Å². The summed E-state index contributed by atoms with van der Waals surface area (Å²) in [6, 6.07) is 8.02. The normalized spacial score (nSPS) is 10.5. The number of rotatable bonds is 3. The number of amides is 1. The van der Waals surface area contributed by atoms with E-state index in [9.17, 15) is 13.6 Å². The molecule has 3 nitrogen and oxygen atoms in total. The van der Waals surface area contributed by atoms with Gasteiger partial charge in [0.15, 0.2) is 0 Å². The van der Waals surface area contributed by atoms with E-state index in [4.69, 9.17) is 5.73 Å². The molecule has 0 heterocycles. The smallest absolute Gasteiger partial charge is 0.259 e. The lowest BCUT2D eigenvalue weighted by Crippen LogP contribution is -2.31. The quantitative estimate of drug-likeness (QED) is 0.847. The number of halogens is 3. The fourth-order valence-electron chi connectivity index (χ4n) is 1.94. The molecule has 0 radical (unpaired) electrons. The van der Waals surface area contributed by atoms with Crippen molar-refractivity contribution in [3.05, 3.63) is 58.1 Å². The van der Waals surface area contributed by atoms with E-state index in [-0.39, 0.29) is 23.0 Å². The molecule has 0 aliphatic heterocycles. The fraction of sp³-hybridized carbons (Fsp3) is 0.133. The van der Waals surface area contributed by atoms with Gasteiger partial charge in [0.1, 0.15) is 11.6 Å². The Morgan fingerprint density at radius 1 is 1.24 bits per heavy atom. The molecule has 0 saturated heterocycles. The molecule has 21 heavy (non-hydrogen) atoms. The molecule has 0 spiro atoms. The molecular formula is C15H13BrF2N2O. The number of nitrogens with zero attached hydrogens (tertiary/aromatic N) is 1. The highest BCUT2D eigenvalue weighted by molar-refractivity contribution is 9.10. The monoisotopic (exact) mass is 354 g/mol. The number of hydrogen-bond donors (Lipinski definition) is 1. The van der Waals surface area contributed by atoms with Gasteiger partial charge in [0.2, 0.25) is 0 Å². The average Bonchev–Trinajstić information content (AvgIpc) is 2.45. The Morgan fingerprint density at radius 3 is 2.43 bits per heavy atom. The number of benzene rings is 2. The maximum absolute atomic E-state index is 13.4. The van der Waals surface area contributed by atoms with Gasteiger partial charge in [-0.15, -0.1) is 0 Å². The van der Waals surface area contributed by atoms with Crippen LogP contribution in [0, 0.1) is 11.6 Å². The zero-order chi connectivity index (χ0) is 15.6. The van der Waals surface area contributed by atoms with Gasteiger partial charge in [-0.2, -0.15) is 0 Å². The molecule has 2 aromatic carbocycles. The van der Waals surface area contributed by atoms with E-state index in [2.05, 4.69) is 15.9 Å². The Morgan fingerprint density at radius 2 is 1.86 bits per heavy atom. The highest BCUT2D eigenvalue weighted by atomic mass is 79.9. The molecule has 0 saturated carbocycles. The van der Waals surface area contributed by atoms with Crippen molar-refractivity contribution in [2.75, 3.05) is 17.2 Å². The average molecular weight is 355 g/mol. The second kappa shape index (κ2) is 6.22. The van der Waals surface area contributed by atoms with Crippen LogP contribution in [-0.4, -0.2) is 12.5 Å². The number of hydrogen-bond acceptors (Lipinski definition) is 2. The summed E-state index contributed by atoms with van der Waals surface area (Å²) < 4.78 is 26.6. The zero-order valence-electron chi connectivity index (χ0n) is 11.2. The lowest BCUT2D eigenvalue weighted by molar-refractivity contribution is 0.0987. The van der Waals surface area contributed by atoms with Crippen molar-refractivity contribution in [3.8, 4) is 0 Å². The van der Waals surface area contributed by atoms with Crippen molar-refractivity contribution < 1.29 is 13.6 Å². The van der Waals surface area contributed by atoms with Gasteiger partial charge in [-0.05, 0) is 59.3 Å². The van der Waals surface area contributed by atoms with Crippen LogP contribution in [0.1, 0.15) is 17.3 Å². The molecule has 0 aliphatic carbocycles. The van der Waals surface area contributed by atoms with Gasteiger partial charge in [0.25, 0.3) is 5.91 Å². The Kier molecular flexibility index (Phi) is 4.57. The van der Waals surface area contributed by atoms with Crippen LogP contribution >= 0.6 is 15.9 Å². The van der Waals surface area contributed by atoms with Crippen LogP contribution in [0.15, 0.2) is 40.9 Å². The largest absolute Gasteiger partial charge is 0.396 e. The number of nitrogens with two attached hydrogens (primary N) is 1. The second-order valence-corrected chi connectivity index (χ2v) is 5.23. The molecule has 2 aromatic rings. The van der Waals surface area contributed by atoms with E-state index in [1.807, 2.05) is 0 Å². The molecule has 2 N–H and O–H groups in total. The lowest BCUT2D eigenvalue weighted by atomic mass is 10.1. The highest BCUT2D eigenvalue weighted by Crippen LogP contribution is 2.26. The highest BCUT2D eigenvalue weighted by Gasteiger charge is 2.20. The number of anilines is 2. The summed E-state index contributed by atoms with van der Waals surface area (Å²) in [6.45, 7) is 2.18. The van der Waals surface area contributed by atoms with Crippen molar-refractivity contribution >= 4 is 33.2 Å². The molecule has 0 aromatic heterocycles. The molecular weight excluding hydrogens is 342 g/mol. The fourth-order valence-corrected chi connectivity index (χ4v) is 2.42. The molecule has 6 heteroatoms. The third kappa shape index (κ3) is 3.21. The van der Waals surface area contributed by atoms with E-state index < -0.39 is 5.82 Å². The lowest BCUT2D eigenvalue weighted by Gasteiger charge is -2.22. The molecule has 0 fully saturated rings. The molecule has 0 atom stereocenters. The van der Waals surface area contributed by atoms with Crippen LogP contribution in [0.3, 0.4) is 0 Å². The van der Waals surface area contributed by atoms with E-state index >= 15 is 0 Å². The van der Waals surface area contributed by atoms with E-state index in [0.717, 1.165) is 6.07 Å². The minimum atomic E-state index is -0.594. The van der Waals surface area contributed by atoms with Gasteiger partial charge < -0.3 is 10.6 Å². The van der Waals surface area contributed by atoms with Gasteiger partial charge in [0, 0.05) is 16.7 Å². The van der Waals surface area contributed by atoms with E-state index in [1.165, 1.54) is 35.2 Å². The van der Waals surface area contributed by atoms with Crippen LogP contribution in [-0.2, 0) is 0 Å². The molecule has 2 rings (SSSR count). The summed E-state index contributed by atoms with van der Waals surface area (Å²) in [5.41, 5.74) is 6.22. The molecule has 110 valence electrons. The Balaban J connectivity index is 2.41. The van der Waals surface area contributed by atoms with Gasteiger partial charge in [-0.25, -0.2) is 8.78 Å². The number of nitrogen functional groups attached to an aromatic ring is 1. The summed E-state index contributed by atoms with van der Waals surface area (Å²) in [4.78, 5) is 14.0. The van der Waals surface area contributed by atoms with Crippen LogP contribution < -0.4 is 10.6 Å². The van der Waals surface area contributed by atoms with Crippen LogP contribution in [0.5, 0.6) is 0 Å². The van der Waals surface area contributed by atoms with Gasteiger partial charge >= 0.3 is 0 Å². The maximum Gasteiger partial charge on any atom is 0.259 e. The zero-order valence-corrected chi connectivity index (χ0v) is 12.8. The third-order valence-electron chi connectivity index (χ3n) is 3.02. The Labute approximate surface area is 129 Å². The predicted octanol–water partition coefficient (Wildman–Crippen LogP) is 3.98. The van der Waals surface area contributed by atoms with Crippen LogP contribution in [0.25, 0.3) is 0 Å². The SMILES string of the molecule is CCN(C(=O)c1cc(N)c(F)cc1Br)c1ccc(F)cc1. The van der Waals surface area contributed by atoms with Gasteiger partial charge in [-0.3, -0.25) is 4.79 Å². The first kappa shape index (κ1) is 15.4. The van der Waals surface area contributed by atoms with Crippen molar-refractivity contribution in [1.82, 2.24) is 0 Å². The van der Waals surface area contributed by atoms with Gasteiger partial charge in [-0.1, -0.05) is 0 Å². The first-order valence-corrected chi connectivity index (χ1v) is 7.05. The molecule has 0 aliphatic rings. The van der Waals surface area contributed by atoms with Crippen molar-refractivity contribution in [1.29, 1.82) is 0 Å². The first-order valence-electron chi connectivity index (χ1n) is 6.26. The van der Waals surface area contributed by atoms with Gasteiger partial charge in [0.05, 0.1) is 11.3 Å². The summed E-state index contributed by atoms with van der Waals surface area (Å²) >= 11 is 3.16. The number of carbonyl (C=O) groups excluding carboxylic acids is 1.